The summed E-state index contributed by atoms with van der Waals surface area (Å²) in [7, 11) is 3.99. The van der Waals surface area contributed by atoms with Crippen molar-refractivity contribution in [2.45, 2.75) is 84.2 Å². The highest BCUT2D eigenvalue weighted by atomic mass is 35.5. The zero-order valence-corrected chi connectivity index (χ0v) is 40.8. The lowest BCUT2D eigenvalue weighted by molar-refractivity contribution is -0.149. The van der Waals surface area contributed by atoms with E-state index in [1.165, 1.54) is 32.9 Å². The number of rotatable bonds is 13. The van der Waals surface area contributed by atoms with Crippen LogP contribution in [0.5, 0.6) is 0 Å². The number of piperazine rings is 1. The Balaban J connectivity index is 1.13. The third-order valence-electron chi connectivity index (χ3n) is 11.3. The number of halogens is 1. The third kappa shape index (κ3) is 12.4. The van der Waals surface area contributed by atoms with Crippen molar-refractivity contribution in [1.82, 2.24) is 39.5 Å². The molecule has 5 aromatic rings. The highest BCUT2D eigenvalue weighted by Gasteiger charge is 2.41. The molecular formula is C48H58ClN11O9. The van der Waals surface area contributed by atoms with Gasteiger partial charge >= 0.3 is 29.9 Å². The van der Waals surface area contributed by atoms with Crippen molar-refractivity contribution in [3.63, 3.8) is 0 Å². The summed E-state index contributed by atoms with van der Waals surface area (Å²) in [6, 6.07) is 16.4. The van der Waals surface area contributed by atoms with Crippen molar-refractivity contribution in [3.05, 3.63) is 89.3 Å². The van der Waals surface area contributed by atoms with Crippen LogP contribution >= 0.6 is 11.6 Å². The number of likely N-dealkylation sites (N-methyl/N-ethyl adjacent to an activating group) is 1. The fourth-order valence-corrected chi connectivity index (χ4v) is 8.15. The number of fused-ring (bicyclic) bond motifs is 1. The summed E-state index contributed by atoms with van der Waals surface area (Å²) < 4.78 is 19.8. The topological polar surface area (TPSA) is 216 Å². The molecule has 20 nitrogen and oxygen atoms in total. The number of tetrazole rings is 1. The smallest absolute Gasteiger partial charge is 0.419 e. The van der Waals surface area contributed by atoms with E-state index in [9.17, 15) is 28.8 Å². The minimum atomic E-state index is -1.22. The number of amides is 5. The third-order valence-corrected chi connectivity index (χ3v) is 11.5. The number of piperidine rings is 1. The number of carbonyl (C=O) groups is 6. The fourth-order valence-electron chi connectivity index (χ4n) is 7.98. The molecule has 0 spiro atoms. The van der Waals surface area contributed by atoms with Gasteiger partial charge in [0, 0.05) is 60.9 Å². The zero-order valence-electron chi connectivity index (χ0n) is 40.0. The van der Waals surface area contributed by atoms with E-state index in [0.717, 1.165) is 24.0 Å². The number of carbonyl (C=O) groups excluding carboxylic acids is 6. The van der Waals surface area contributed by atoms with Crippen molar-refractivity contribution in [2.75, 3.05) is 69.0 Å². The molecule has 2 aliphatic rings. The van der Waals surface area contributed by atoms with Crippen LogP contribution in [0.15, 0.2) is 73.1 Å². The van der Waals surface area contributed by atoms with Crippen LogP contribution in [0, 0.1) is 0 Å². The van der Waals surface area contributed by atoms with Gasteiger partial charge in [-0.1, -0.05) is 23.7 Å². The van der Waals surface area contributed by atoms with E-state index in [-0.39, 0.29) is 43.0 Å². The maximum atomic E-state index is 14.6. The SMILES string of the molecule is CN(C)CCOC1CCN(C(=O)Nc2ccc(C[C@@H](C(=O)Nc3ccc4c(c3)cc(C(=O)OC(C)(C)C)n4C(=O)OC(C)(C)C)N3CCN(c4cc(Cl)ccc4-n4cnnn4)C(=O)C3=O)cc2)CC1. The van der Waals surface area contributed by atoms with Crippen LogP contribution in [0.4, 0.5) is 26.7 Å². The van der Waals surface area contributed by atoms with Gasteiger partial charge in [0.1, 0.15) is 29.3 Å². The Hall–Kier alpha value is -6.90. The second kappa shape index (κ2) is 20.8. The number of benzene rings is 3. The van der Waals surface area contributed by atoms with Crippen LogP contribution in [-0.4, -0.2) is 152 Å². The second-order valence-electron chi connectivity index (χ2n) is 19.2. The molecule has 366 valence electrons. The number of esters is 1. The molecule has 2 N–H and O–H groups in total. The summed E-state index contributed by atoms with van der Waals surface area (Å²) in [6.07, 6.45) is 2.10. The predicted octanol–water partition coefficient (Wildman–Crippen LogP) is 6.01. The maximum absolute atomic E-state index is 14.6. The molecule has 21 heteroatoms. The Labute approximate surface area is 404 Å². The summed E-state index contributed by atoms with van der Waals surface area (Å²) in [5.74, 6) is -3.22. The maximum Gasteiger partial charge on any atom is 0.419 e. The van der Waals surface area contributed by atoms with Crippen molar-refractivity contribution in [1.29, 1.82) is 0 Å². The second-order valence-corrected chi connectivity index (χ2v) is 19.6. The van der Waals surface area contributed by atoms with Crippen LogP contribution in [0.25, 0.3) is 16.6 Å². The zero-order chi connectivity index (χ0) is 49.8. The van der Waals surface area contributed by atoms with Crippen molar-refractivity contribution >= 4 is 75.4 Å². The molecule has 2 aliphatic heterocycles. The highest BCUT2D eigenvalue weighted by Crippen LogP contribution is 2.31. The van der Waals surface area contributed by atoms with E-state index in [1.807, 2.05) is 14.1 Å². The Kier molecular flexibility index (Phi) is 15.0. The largest absolute Gasteiger partial charge is 0.455 e. The lowest BCUT2D eigenvalue weighted by Crippen LogP contribution is -2.60. The monoisotopic (exact) mass is 967 g/mol. The predicted molar refractivity (Wildman–Crippen MR) is 258 cm³/mol. The lowest BCUT2D eigenvalue weighted by Gasteiger charge is -2.38. The van der Waals surface area contributed by atoms with Crippen molar-refractivity contribution in [2.24, 2.45) is 0 Å². The van der Waals surface area contributed by atoms with Gasteiger partial charge in [0.25, 0.3) is 0 Å². The first kappa shape index (κ1) is 50.0. The molecule has 2 saturated heterocycles. The average molecular weight is 969 g/mol. The summed E-state index contributed by atoms with van der Waals surface area (Å²) in [6.45, 7) is 12.8. The summed E-state index contributed by atoms with van der Waals surface area (Å²) in [4.78, 5) is 89.6. The van der Waals surface area contributed by atoms with Crippen LogP contribution in [0.2, 0.25) is 5.02 Å². The van der Waals surface area contributed by atoms with E-state index in [4.69, 9.17) is 25.8 Å². The van der Waals surface area contributed by atoms with Crippen LogP contribution in [0.3, 0.4) is 0 Å². The summed E-state index contributed by atoms with van der Waals surface area (Å²) in [5.41, 5.74) is 0.625. The molecule has 0 bridgehead atoms. The number of aromatic nitrogens is 5. The molecular weight excluding hydrogens is 910 g/mol. The molecule has 1 atom stereocenters. The van der Waals surface area contributed by atoms with E-state index in [2.05, 4.69) is 31.1 Å². The molecule has 3 aromatic carbocycles. The van der Waals surface area contributed by atoms with Gasteiger partial charge in [-0.3, -0.25) is 14.4 Å². The molecule has 7 rings (SSSR count). The Morgan fingerprint density at radius 2 is 1.51 bits per heavy atom. The molecule has 5 amide bonds. The first-order valence-electron chi connectivity index (χ1n) is 22.6. The van der Waals surface area contributed by atoms with Crippen LogP contribution in [0.1, 0.15) is 70.4 Å². The van der Waals surface area contributed by atoms with E-state index < -0.39 is 47.0 Å². The number of urea groups is 1. The number of anilines is 3. The highest BCUT2D eigenvalue weighted by molar-refractivity contribution is 6.41. The first-order valence-corrected chi connectivity index (χ1v) is 23.0. The number of nitrogens with one attached hydrogen (secondary N) is 2. The van der Waals surface area contributed by atoms with E-state index in [1.54, 1.807) is 101 Å². The number of hydrogen-bond donors (Lipinski definition) is 2. The summed E-state index contributed by atoms with van der Waals surface area (Å²) >= 11 is 6.38. The van der Waals surface area contributed by atoms with Gasteiger partial charge < -0.3 is 44.4 Å². The summed E-state index contributed by atoms with van der Waals surface area (Å²) in [5, 5.41) is 17.9. The molecule has 2 fully saturated rings. The molecule has 2 aromatic heterocycles. The molecule has 0 aliphatic carbocycles. The minimum absolute atomic E-state index is 0.00811. The average Bonchev–Trinajstić information content (AvgIpc) is 3.95. The first-order chi connectivity index (χ1) is 32.6. The van der Waals surface area contributed by atoms with Gasteiger partial charge in [-0.2, -0.15) is 4.68 Å². The van der Waals surface area contributed by atoms with Crippen molar-refractivity contribution in [3.8, 4) is 5.69 Å². The molecule has 69 heavy (non-hydrogen) atoms. The molecule has 0 saturated carbocycles. The van der Waals surface area contributed by atoms with E-state index >= 15 is 0 Å². The number of hydrogen-bond acceptors (Lipinski definition) is 13. The number of nitrogens with zero attached hydrogens (tertiary/aromatic N) is 9. The number of likely N-dealkylation sites (tertiary alicyclic amines) is 1. The minimum Gasteiger partial charge on any atom is -0.455 e. The molecule has 4 heterocycles. The van der Waals surface area contributed by atoms with Gasteiger partial charge in [0.05, 0.1) is 29.6 Å². The van der Waals surface area contributed by atoms with Gasteiger partial charge in [-0.25, -0.2) is 19.0 Å². The van der Waals surface area contributed by atoms with Crippen LogP contribution in [-0.2, 0) is 35.0 Å². The van der Waals surface area contributed by atoms with E-state index in [0.29, 0.717) is 58.2 Å². The Bertz CT molecular complexity index is 2700. The van der Waals surface area contributed by atoms with Crippen molar-refractivity contribution < 1.29 is 43.0 Å². The molecule has 0 unspecified atom stereocenters. The number of ether oxygens (including phenoxy) is 3. The molecule has 0 radical (unpaired) electrons. The van der Waals surface area contributed by atoms with Gasteiger partial charge in [0.15, 0.2) is 0 Å². The quantitative estimate of drug-likeness (QED) is 0.102. The van der Waals surface area contributed by atoms with Gasteiger partial charge in [0.2, 0.25) is 5.91 Å². The Morgan fingerprint density at radius 1 is 0.812 bits per heavy atom. The lowest BCUT2D eigenvalue weighted by atomic mass is 10.0. The standard InChI is InChI=1S/C48H58ClN11O9/c1-47(2,3)68-44(64)40-27-31-26-34(14-16-36(31)60(40)46(66)69-48(4,5)6)51-41(61)39(58-22-21-57(42(62)43(58)63)38-28-32(49)11-15-37(38)59-29-50-53-54-59)25-30-9-12-33(13-10-30)52-45(65)56-19-17-35(18-20-56)67-24-23-55(7)8/h9-16,26-29,35,39H,17-25H2,1-8H3,(H,51,61)(H,52,65)/t39-/m0/s1. The fraction of sp³-hybridized carbons (Fsp3) is 0.438. The van der Waals surface area contributed by atoms with Gasteiger partial charge in [-0.05, 0) is 139 Å². The Morgan fingerprint density at radius 3 is 2.16 bits per heavy atom. The van der Waals surface area contributed by atoms with Gasteiger partial charge in [-0.15, -0.1) is 5.10 Å². The normalized spacial score (nSPS) is 15.4. The van der Waals surface area contributed by atoms with Crippen LogP contribution < -0.4 is 15.5 Å².